The van der Waals surface area contributed by atoms with Crippen LogP contribution in [-0.2, 0) is 16.0 Å². The molecular weight excluding hydrogens is 424 g/mol. The zero-order valence-electron chi connectivity index (χ0n) is 17.7. The van der Waals surface area contributed by atoms with Crippen LogP contribution in [0.3, 0.4) is 0 Å². The number of Topliss-reactive ketones (excluding diaryl/α,β-unsaturated/α-hetero) is 1. The van der Waals surface area contributed by atoms with E-state index in [1.54, 1.807) is 12.1 Å². The van der Waals surface area contributed by atoms with Gasteiger partial charge in [0.2, 0.25) is 0 Å². The molecule has 2 aromatic carbocycles. The molecule has 3 aromatic rings. The first-order valence-electron chi connectivity index (χ1n) is 10.3. The summed E-state index contributed by atoms with van der Waals surface area (Å²) >= 11 is 1.45. The van der Waals surface area contributed by atoms with Gasteiger partial charge in [0.05, 0.1) is 12.2 Å². The van der Waals surface area contributed by atoms with E-state index in [9.17, 15) is 14.7 Å². The molecule has 1 N–H and O–H groups in total. The van der Waals surface area contributed by atoms with Crippen molar-refractivity contribution in [2.24, 2.45) is 0 Å². The summed E-state index contributed by atoms with van der Waals surface area (Å²) in [5, 5.41) is 13.1. The van der Waals surface area contributed by atoms with Gasteiger partial charge in [-0.25, -0.2) is 0 Å². The zero-order chi connectivity index (χ0) is 22.4. The summed E-state index contributed by atoms with van der Waals surface area (Å²) in [5.74, 6) is -0.706. The standard InChI is InChI=1S/C25H22N2O4S/c1-26(2)17-6-8-18(9-7-17)27-22(20-4-3-13-32-20)21(24(29)25(27)30)23(28)16-5-10-19-15(14-16)11-12-31-19/h3-10,13-14,22,28H,11-12H2,1-2H3/b23-21-. The highest BCUT2D eigenvalue weighted by atomic mass is 32.1. The highest BCUT2D eigenvalue weighted by Crippen LogP contribution is 2.44. The van der Waals surface area contributed by atoms with Crippen LogP contribution in [0.25, 0.3) is 5.76 Å². The van der Waals surface area contributed by atoms with Crippen LogP contribution in [0.15, 0.2) is 65.6 Å². The summed E-state index contributed by atoms with van der Waals surface area (Å²) < 4.78 is 5.55. The lowest BCUT2D eigenvalue weighted by molar-refractivity contribution is -0.132. The Balaban J connectivity index is 1.64. The number of nitrogens with zero attached hydrogens (tertiary/aromatic N) is 2. The van der Waals surface area contributed by atoms with E-state index in [4.69, 9.17) is 4.74 Å². The van der Waals surface area contributed by atoms with Crippen LogP contribution < -0.4 is 14.5 Å². The van der Waals surface area contributed by atoms with Crippen LogP contribution in [0.1, 0.15) is 22.0 Å². The monoisotopic (exact) mass is 446 g/mol. The van der Waals surface area contributed by atoms with Gasteiger partial charge in [-0.05, 0) is 59.5 Å². The molecule has 1 fully saturated rings. The molecule has 0 bridgehead atoms. The minimum Gasteiger partial charge on any atom is -0.507 e. The number of ether oxygens (including phenoxy) is 1. The van der Waals surface area contributed by atoms with Gasteiger partial charge < -0.3 is 14.7 Å². The van der Waals surface area contributed by atoms with Crippen molar-refractivity contribution < 1.29 is 19.4 Å². The molecule has 2 aliphatic heterocycles. The van der Waals surface area contributed by atoms with E-state index in [0.29, 0.717) is 17.9 Å². The highest BCUT2D eigenvalue weighted by molar-refractivity contribution is 7.10. The number of hydrogen-bond acceptors (Lipinski definition) is 6. The molecule has 1 aromatic heterocycles. The fraction of sp³-hybridized carbons (Fsp3) is 0.200. The van der Waals surface area contributed by atoms with Crippen molar-refractivity contribution in [1.82, 2.24) is 0 Å². The number of rotatable bonds is 4. The van der Waals surface area contributed by atoms with Crippen molar-refractivity contribution >= 4 is 40.2 Å². The van der Waals surface area contributed by atoms with E-state index >= 15 is 0 Å². The number of ketones is 1. The van der Waals surface area contributed by atoms with Gasteiger partial charge in [0, 0.05) is 42.3 Å². The Labute approximate surface area is 190 Å². The Hall–Kier alpha value is -3.58. The lowest BCUT2D eigenvalue weighted by Crippen LogP contribution is -2.29. The third-order valence-corrected chi connectivity index (χ3v) is 6.79. The second kappa shape index (κ2) is 7.84. The number of amides is 1. The number of carbonyl (C=O) groups excluding carboxylic acids is 2. The van der Waals surface area contributed by atoms with Gasteiger partial charge >= 0.3 is 0 Å². The van der Waals surface area contributed by atoms with E-state index in [-0.39, 0.29) is 11.3 Å². The Kier molecular flexibility index (Phi) is 4.98. The molecular formula is C25H22N2O4S. The highest BCUT2D eigenvalue weighted by Gasteiger charge is 2.47. The molecule has 162 valence electrons. The van der Waals surface area contributed by atoms with Gasteiger partial charge in [0.15, 0.2) is 0 Å². The minimum atomic E-state index is -0.690. The van der Waals surface area contributed by atoms with E-state index in [0.717, 1.165) is 28.3 Å². The number of benzene rings is 2. The lowest BCUT2D eigenvalue weighted by Gasteiger charge is -2.25. The number of aliphatic hydroxyl groups excluding tert-OH is 1. The second-order valence-electron chi connectivity index (χ2n) is 8.02. The van der Waals surface area contributed by atoms with Gasteiger partial charge in [-0.2, -0.15) is 0 Å². The molecule has 1 saturated heterocycles. The maximum Gasteiger partial charge on any atom is 0.300 e. The summed E-state index contributed by atoms with van der Waals surface area (Å²) in [5.41, 5.74) is 3.19. The first-order valence-corrected chi connectivity index (χ1v) is 11.2. The van der Waals surface area contributed by atoms with Crippen molar-refractivity contribution in [3.05, 3.63) is 81.6 Å². The van der Waals surface area contributed by atoms with Gasteiger partial charge in [-0.3, -0.25) is 14.5 Å². The summed E-state index contributed by atoms with van der Waals surface area (Å²) in [4.78, 5) is 30.6. The number of carbonyl (C=O) groups is 2. The first kappa shape index (κ1) is 20.3. The van der Waals surface area contributed by atoms with Gasteiger partial charge in [0.25, 0.3) is 11.7 Å². The zero-order valence-corrected chi connectivity index (χ0v) is 18.6. The third kappa shape index (κ3) is 3.26. The van der Waals surface area contributed by atoms with Crippen molar-refractivity contribution in [3.63, 3.8) is 0 Å². The predicted molar refractivity (Wildman–Crippen MR) is 126 cm³/mol. The molecule has 0 saturated carbocycles. The summed E-state index contributed by atoms with van der Waals surface area (Å²) in [6.07, 6.45) is 0.747. The van der Waals surface area contributed by atoms with Gasteiger partial charge in [-0.1, -0.05) is 6.07 Å². The minimum absolute atomic E-state index is 0.105. The van der Waals surface area contributed by atoms with E-state index < -0.39 is 17.7 Å². The molecule has 1 amide bonds. The fourth-order valence-corrected chi connectivity index (χ4v) is 5.04. The van der Waals surface area contributed by atoms with Crippen LogP contribution in [0.2, 0.25) is 0 Å². The lowest BCUT2D eigenvalue weighted by atomic mass is 9.98. The molecule has 2 aliphatic rings. The summed E-state index contributed by atoms with van der Waals surface area (Å²) in [6, 6.07) is 15.9. The molecule has 6 nitrogen and oxygen atoms in total. The maximum absolute atomic E-state index is 13.2. The summed E-state index contributed by atoms with van der Waals surface area (Å²) in [6.45, 7) is 0.599. The van der Waals surface area contributed by atoms with Crippen LogP contribution in [0.4, 0.5) is 11.4 Å². The Morgan fingerprint density at radius 3 is 2.59 bits per heavy atom. The van der Waals surface area contributed by atoms with Crippen LogP contribution >= 0.6 is 11.3 Å². The van der Waals surface area contributed by atoms with E-state index in [1.165, 1.54) is 16.2 Å². The Bertz CT molecular complexity index is 1230. The molecule has 5 rings (SSSR count). The average molecular weight is 447 g/mol. The molecule has 1 unspecified atom stereocenters. The average Bonchev–Trinajstić information content (AvgIpc) is 3.53. The molecule has 7 heteroatoms. The molecule has 0 aliphatic carbocycles. The molecule has 0 spiro atoms. The van der Waals surface area contributed by atoms with Gasteiger partial charge in [0.1, 0.15) is 17.6 Å². The topological polar surface area (TPSA) is 70.1 Å². The second-order valence-corrected chi connectivity index (χ2v) is 9.00. The number of aliphatic hydroxyl groups is 1. The number of hydrogen-bond donors (Lipinski definition) is 1. The first-order chi connectivity index (χ1) is 15.5. The third-order valence-electron chi connectivity index (χ3n) is 5.86. The smallest absolute Gasteiger partial charge is 0.300 e. The number of fused-ring (bicyclic) bond motifs is 1. The molecule has 1 atom stereocenters. The molecule has 3 heterocycles. The molecule has 0 radical (unpaired) electrons. The Morgan fingerprint density at radius 2 is 1.91 bits per heavy atom. The van der Waals surface area contributed by atoms with Gasteiger partial charge in [-0.15, -0.1) is 11.3 Å². The molecule has 32 heavy (non-hydrogen) atoms. The fourth-order valence-electron chi connectivity index (χ4n) is 4.22. The van der Waals surface area contributed by atoms with Crippen LogP contribution in [-0.4, -0.2) is 37.5 Å². The normalized spacial score (nSPS) is 19.2. The quantitative estimate of drug-likeness (QED) is 0.366. The van der Waals surface area contributed by atoms with Crippen molar-refractivity contribution in [2.45, 2.75) is 12.5 Å². The maximum atomic E-state index is 13.2. The van der Waals surface area contributed by atoms with Crippen LogP contribution in [0.5, 0.6) is 5.75 Å². The predicted octanol–water partition coefficient (Wildman–Crippen LogP) is 4.38. The Morgan fingerprint density at radius 1 is 1.12 bits per heavy atom. The van der Waals surface area contributed by atoms with E-state index in [2.05, 4.69) is 0 Å². The van der Waals surface area contributed by atoms with Crippen molar-refractivity contribution in [1.29, 1.82) is 0 Å². The number of anilines is 2. The number of thiophene rings is 1. The largest absolute Gasteiger partial charge is 0.507 e. The van der Waals surface area contributed by atoms with Crippen LogP contribution in [0, 0.1) is 0 Å². The van der Waals surface area contributed by atoms with Crippen molar-refractivity contribution in [3.8, 4) is 5.75 Å². The van der Waals surface area contributed by atoms with E-state index in [1.807, 2.05) is 66.8 Å². The SMILES string of the molecule is CN(C)c1ccc(N2C(=O)C(=O)/C(=C(\O)c3ccc4c(c3)CCO4)C2c2cccs2)cc1. The summed E-state index contributed by atoms with van der Waals surface area (Å²) in [7, 11) is 3.88. The van der Waals surface area contributed by atoms with Crippen molar-refractivity contribution in [2.75, 3.05) is 30.5 Å².